The summed E-state index contributed by atoms with van der Waals surface area (Å²) in [5.74, 6) is 0.205. The van der Waals surface area contributed by atoms with Crippen LogP contribution < -0.4 is 0 Å². The van der Waals surface area contributed by atoms with E-state index in [4.69, 9.17) is 0 Å². The molecule has 3 aromatic rings. The van der Waals surface area contributed by atoms with Crippen LogP contribution in [0.2, 0.25) is 0 Å². The van der Waals surface area contributed by atoms with Crippen LogP contribution in [-0.4, -0.2) is 43.6 Å². The number of hydrogen-bond donors (Lipinski definition) is 1. The summed E-state index contributed by atoms with van der Waals surface area (Å²) in [6.45, 7) is 6.78. The summed E-state index contributed by atoms with van der Waals surface area (Å²) in [6, 6.07) is 3.45. The standard InChI is InChI=1S/C19H20F3N5O/c1-10(2)27-17(13-8-26(9-13)11(3)28)5-16(25-27)12-4-14-15(19(20,21)22)7-24-18(14)23-6-12/h4-7,10,13H,8-9H2,1-3H3,(H,23,24). The molecule has 1 N–H and O–H groups in total. The number of fused-ring (bicyclic) bond motifs is 1. The fourth-order valence-electron chi connectivity index (χ4n) is 3.57. The molecule has 0 saturated carbocycles. The van der Waals surface area contributed by atoms with Gasteiger partial charge >= 0.3 is 6.18 Å². The van der Waals surface area contributed by atoms with Gasteiger partial charge in [0.25, 0.3) is 0 Å². The van der Waals surface area contributed by atoms with E-state index in [1.807, 2.05) is 24.6 Å². The lowest BCUT2D eigenvalue weighted by Crippen LogP contribution is -2.48. The number of alkyl halides is 3. The minimum Gasteiger partial charge on any atom is -0.346 e. The number of aromatic amines is 1. The number of nitrogens with one attached hydrogen (secondary N) is 1. The molecule has 4 rings (SSSR count). The molecule has 0 unspecified atom stereocenters. The van der Waals surface area contributed by atoms with Gasteiger partial charge in [0.1, 0.15) is 5.65 Å². The van der Waals surface area contributed by atoms with Gasteiger partial charge in [-0.3, -0.25) is 9.48 Å². The van der Waals surface area contributed by atoms with Crippen molar-refractivity contribution in [1.29, 1.82) is 0 Å². The first-order valence-corrected chi connectivity index (χ1v) is 9.04. The maximum absolute atomic E-state index is 13.2. The number of H-pyrrole nitrogens is 1. The Morgan fingerprint density at radius 2 is 2.00 bits per heavy atom. The van der Waals surface area contributed by atoms with Crippen molar-refractivity contribution in [3.63, 3.8) is 0 Å². The second-order valence-electron chi connectivity index (χ2n) is 7.43. The van der Waals surface area contributed by atoms with Gasteiger partial charge in [-0.15, -0.1) is 0 Å². The summed E-state index contributed by atoms with van der Waals surface area (Å²) in [4.78, 5) is 19.9. The van der Waals surface area contributed by atoms with Crippen LogP contribution in [0.3, 0.4) is 0 Å². The number of likely N-dealkylation sites (tertiary alicyclic amines) is 1. The molecule has 3 aromatic heterocycles. The molecule has 4 heterocycles. The predicted molar refractivity (Wildman–Crippen MR) is 97.7 cm³/mol. The van der Waals surface area contributed by atoms with E-state index in [-0.39, 0.29) is 28.9 Å². The zero-order chi connectivity index (χ0) is 20.2. The fourth-order valence-corrected chi connectivity index (χ4v) is 3.57. The van der Waals surface area contributed by atoms with Gasteiger partial charge in [0.05, 0.1) is 11.3 Å². The number of aromatic nitrogens is 4. The Kier molecular flexibility index (Phi) is 4.20. The Morgan fingerprint density at radius 3 is 2.61 bits per heavy atom. The first-order chi connectivity index (χ1) is 13.1. The van der Waals surface area contributed by atoms with Crippen molar-refractivity contribution in [1.82, 2.24) is 24.6 Å². The SMILES string of the molecule is CC(=O)N1CC(c2cc(-c3cnc4[nH]cc(C(F)(F)F)c4c3)nn2C(C)C)C1. The van der Waals surface area contributed by atoms with Crippen molar-refractivity contribution in [3.8, 4) is 11.3 Å². The highest BCUT2D eigenvalue weighted by Crippen LogP contribution is 2.37. The zero-order valence-corrected chi connectivity index (χ0v) is 15.7. The van der Waals surface area contributed by atoms with E-state index < -0.39 is 11.7 Å². The van der Waals surface area contributed by atoms with Gasteiger partial charge in [-0.05, 0) is 26.0 Å². The van der Waals surface area contributed by atoms with Gasteiger partial charge in [-0.2, -0.15) is 18.3 Å². The molecular formula is C19H20F3N5O. The Balaban J connectivity index is 1.73. The number of rotatable bonds is 3. The summed E-state index contributed by atoms with van der Waals surface area (Å²) in [6.07, 6.45) is -1.99. The highest BCUT2D eigenvalue weighted by atomic mass is 19.4. The molecule has 6 nitrogen and oxygen atoms in total. The highest BCUT2D eigenvalue weighted by Gasteiger charge is 2.35. The summed E-state index contributed by atoms with van der Waals surface area (Å²) >= 11 is 0. The summed E-state index contributed by atoms with van der Waals surface area (Å²) in [7, 11) is 0. The zero-order valence-electron chi connectivity index (χ0n) is 15.7. The Labute approximate surface area is 159 Å². The minimum absolute atomic E-state index is 0.0250. The molecule has 28 heavy (non-hydrogen) atoms. The number of nitrogens with zero attached hydrogens (tertiary/aromatic N) is 4. The quantitative estimate of drug-likeness (QED) is 0.735. The predicted octanol–water partition coefficient (Wildman–Crippen LogP) is 3.97. The van der Waals surface area contributed by atoms with Crippen LogP contribution in [0.5, 0.6) is 0 Å². The van der Waals surface area contributed by atoms with Crippen LogP contribution in [-0.2, 0) is 11.0 Å². The lowest BCUT2D eigenvalue weighted by molar-refractivity contribution is -0.136. The molecule has 0 radical (unpaired) electrons. The van der Waals surface area contributed by atoms with Crippen LogP contribution in [0.15, 0.2) is 24.5 Å². The first-order valence-electron chi connectivity index (χ1n) is 9.04. The molecule has 9 heteroatoms. The molecule has 0 aliphatic carbocycles. The summed E-state index contributed by atoms with van der Waals surface area (Å²) in [5.41, 5.74) is 1.54. The van der Waals surface area contributed by atoms with E-state index in [1.54, 1.807) is 4.90 Å². The van der Waals surface area contributed by atoms with E-state index in [2.05, 4.69) is 15.1 Å². The van der Waals surface area contributed by atoms with E-state index in [1.165, 1.54) is 19.2 Å². The number of pyridine rings is 1. The number of carbonyl (C=O) groups is 1. The van der Waals surface area contributed by atoms with Crippen molar-refractivity contribution < 1.29 is 18.0 Å². The summed E-state index contributed by atoms with van der Waals surface area (Å²) in [5, 5.41) is 4.64. The first kappa shape index (κ1) is 18.5. The second kappa shape index (κ2) is 6.35. The number of amides is 1. The topological polar surface area (TPSA) is 66.8 Å². The number of hydrogen-bond acceptors (Lipinski definition) is 3. The molecule has 1 aliphatic rings. The van der Waals surface area contributed by atoms with Crippen LogP contribution in [0.25, 0.3) is 22.3 Å². The van der Waals surface area contributed by atoms with Crippen LogP contribution in [0.4, 0.5) is 13.2 Å². The highest BCUT2D eigenvalue weighted by molar-refractivity contribution is 5.84. The monoisotopic (exact) mass is 391 g/mol. The molecular weight excluding hydrogens is 371 g/mol. The van der Waals surface area contributed by atoms with Crippen molar-refractivity contribution >= 4 is 16.9 Å². The Morgan fingerprint density at radius 1 is 1.29 bits per heavy atom. The molecule has 1 amide bonds. The Hall–Kier alpha value is -2.84. The number of halogens is 3. The van der Waals surface area contributed by atoms with Gasteiger partial charge in [-0.1, -0.05) is 0 Å². The van der Waals surface area contributed by atoms with E-state index in [0.717, 1.165) is 11.9 Å². The van der Waals surface area contributed by atoms with Gasteiger partial charge in [0, 0.05) is 61.0 Å². The average molecular weight is 391 g/mol. The van der Waals surface area contributed by atoms with Gasteiger partial charge in [-0.25, -0.2) is 4.98 Å². The Bertz CT molecular complexity index is 1040. The molecule has 0 spiro atoms. The molecule has 1 fully saturated rings. The van der Waals surface area contributed by atoms with Crippen molar-refractivity contribution in [3.05, 3.63) is 35.8 Å². The smallest absolute Gasteiger partial charge is 0.346 e. The van der Waals surface area contributed by atoms with Gasteiger partial charge < -0.3 is 9.88 Å². The van der Waals surface area contributed by atoms with Crippen LogP contribution in [0.1, 0.15) is 44.0 Å². The van der Waals surface area contributed by atoms with E-state index >= 15 is 0 Å². The van der Waals surface area contributed by atoms with Crippen molar-refractivity contribution in [2.45, 2.75) is 38.9 Å². The minimum atomic E-state index is -4.46. The molecule has 148 valence electrons. The van der Waals surface area contributed by atoms with E-state index in [0.29, 0.717) is 24.3 Å². The number of carbonyl (C=O) groups excluding carboxylic acids is 1. The molecule has 0 bridgehead atoms. The van der Waals surface area contributed by atoms with E-state index in [9.17, 15) is 18.0 Å². The largest absolute Gasteiger partial charge is 0.418 e. The fraction of sp³-hybridized carbons (Fsp3) is 0.421. The average Bonchev–Trinajstić information content (AvgIpc) is 3.16. The van der Waals surface area contributed by atoms with Gasteiger partial charge in [0.2, 0.25) is 5.91 Å². The molecule has 1 aliphatic heterocycles. The maximum atomic E-state index is 13.2. The lowest BCUT2D eigenvalue weighted by atomic mass is 9.95. The van der Waals surface area contributed by atoms with Crippen LogP contribution >= 0.6 is 0 Å². The molecule has 0 aromatic carbocycles. The lowest BCUT2D eigenvalue weighted by Gasteiger charge is -2.39. The van der Waals surface area contributed by atoms with Gasteiger partial charge in [0.15, 0.2) is 0 Å². The third kappa shape index (κ3) is 3.04. The second-order valence-corrected chi connectivity index (χ2v) is 7.43. The third-order valence-electron chi connectivity index (χ3n) is 5.13. The molecule has 1 saturated heterocycles. The third-order valence-corrected chi connectivity index (χ3v) is 5.13. The van der Waals surface area contributed by atoms with Crippen LogP contribution in [0, 0.1) is 0 Å². The van der Waals surface area contributed by atoms with Crippen molar-refractivity contribution in [2.75, 3.05) is 13.1 Å². The van der Waals surface area contributed by atoms with Crippen molar-refractivity contribution in [2.24, 2.45) is 0 Å². The maximum Gasteiger partial charge on any atom is 0.418 e. The normalized spacial score (nSPS) is 15.5. The molecule has 0 atom stereocenters. The summed E-state index contributed by atoms with van der Waals surface area (Å²) < 4.78 is 41.5.